The Hall–Kier alpha value is -2.52. The molecule has 2 aromatic carbocycles. The zero-order valence-corrected chi connectivity index (χ0v) is 28.0. The summed E-state index contributed by atoms with van der Waals surface area (Å²) in [5, 5.41) is 4.88. The van der Waals surface area contributed by atoms with Crippen molar-refractivity contribution in [2.24, 2.45) is 5.41 Å². The number of nitrogens with one attached hydrogen (secondary N) is 1. The van der Waals surface area contributed by atoms with Gasteiger partial charge < -0.3 is 14.6 Å². The fraction of sp³-hybridized carbons (Fsp3) is 0.455. The zero-order valence-electron chi connectivity index (χ0n) is 25.4. The summed E-state index contributed by atoms with van der Waals surface area (Å²) in [4.78, 5) is 12.4. The maximum Gasteiger partial charge on any atom is 0.223 e. The Balaban J connectivity index is 1.38. The average molecular weight is 635 g/mol. The lowest BCUT2D eigenvalue weighted by molar-refractivity contribution is 0.0903. The van der Waals surface area contributed by atoms with Crippen LogP contribution >= 0.6 is 15.9 Å². The third-order valence-electron chi connectivity index (χ3n) is 7.81. The minimum absolute atomic E-state index is 0.203. The number of anilines is 1. The highest BCUT2D eigenvalue weighted by Crippen LogP contribution is 2.35. The van der Waals surface area contributed by atoms with E-state index in [4.69, 9.17) is 14.7 Å². The Morgan fingerprint density at radius 2 is 1.90 bits per heavy atom. The number of halogens is 1. The molecule has 218 valence electrons. The van der Waals surface area contributed by atoms with Crippen molar-refractivity contribution in [3.63, 3.8) is 0 Å². The molecule has 41 heavy (non-hydrogen) atoms. The van der Waals surface area contributed by atoms with Crippen LogP contribution in [0, 0.1) is 12.3 Å². The molecule has 2 aromatic heterocycles. The van der Waals surface area contributed by atoms with Crippen LogP contribution in [-0.2, 0) is 18.0 Å². The highest BCUT2D eigenvalue weighted by molar-refractivity contribution is 9.10. The van der Waals surface area contributed by atoms with Crippen LogP contribution in [0.4, 0.5) is 5.95 Å². The minimum Gasteiger partial charge on any atom is -0.361 e. The van der Waals surface area contributed by atoms with Gasteiger partial charge in [0, 0.05) is 68.2 Å². The lowest BCUT2D eigenvalue weighted by Crippen LogP contribution is -2.49. The highest BCUT2D eigenvalue weighted by atomic mass is 79.9. The van der Waals surface area contributed by atoms with Gasteiger partial charge >= 0.3 is 0 Å². The summed E-state index contributed by atoms with van der Waals surface area (Å²) in [6.45, 7) is 18.3. The third kappa shape index (κ3) is 7.86. The fourth-order valence-electron chi connectivity index (χ4n) is 5.91. The summed E-state index contributed by atoms with van der Waals surface area (Å²) in [6.07, 6.45) is 5.22. The number of aromatic nitrogens is 3. The van der Waals surface area contributed by atoms with Crippen LogP contribution in [0.1, 0.15) is 31.4 Å². The van der Waals surface area contributed by atoms with Gasteiger partial charge in [-0.25, -0.2) is 9.97 Å². The standard InChI is InChI=1S/C33H44BrN5OSi/c1-24-18-35-32(36-27-17-33(2,3)22-38(20-27)19-25-10-8-7-9-11-25)37-31(24)29-21-39(23-40-14-15-41(4,5)6)30-16-26(34)12-13-28(29)30/h7-13,16,18,21,27H,14-15,17,19-20,22-23H2,1-6H3,(H,35,36,37)/t27-/m0/s1. The van der Waals surface area contributed by atoms with Gasteiger partial charge in [-0.05, 0) is 48.1 Å². The number of benzene rings is 2. The topological polar surface area (TPSA) is 55.2 Å². The second kappa shape index (κ2) is 12.4. The molecule has 6 nitrogen and oxygen atoms in total. The SMILES string of the molecule is Cc1cnc(N[C@@H]2CN(Cc3ccccc3)CC(C)(C)C2)nc1-c1cn(COCC[Si](C)(C)C)c2cc(Br)ccc12. The van der Waals surface area contributed by atoms with E-state index in [0.717, 1.165) is 65.5 Å². The number of nitrogens with zero attached hydrogens (tertiary/aromatic N) is 4. The molecule has 1 saturated heterocycles. The Morgan fingerprint density at radius 1 is 1.12 bits per heavy atom. The molecule has 1 aliphatic rings. The molecule has 1 N–H and O–H groups in total. The second-order valence-electron chi connectivity index (χ2n) is 13.6. The number of ether oxygens (including phenoxy) is 1. The van der Waals surface area contributed by atoms with Gasteiger partial charge in [0.25, 0.3) is 0 Å². The lowest BCUT2D eigenvalue weighted by atomic mass is 9.81. The van der Waals surface area contributed by atoms with Crippen molar-refractivity contribution in [1.82, 2.24) is 19.4 Å². The van der Waals surface area contributed by atoms with Gasteiger partial charge in [0.2, 0.25) is 5.95 Å². The summed E-state index contributed by atoms with van der Waals surface area (Å²) in [7, 11) is -1.14. The van der Waals surface area contributed by atoms with Gasteiger partial charge in [-0.1, -0.05) is 85.8 Å². The van der Waals surface area contributed by atoms with Gasteiger partial charge in [0.1, 0.15) is 6.73 Å². The molecule has 0 spiro atoms. The summed E-state index contributed by atoms with van der Waals surface area (Å²) < 4.78 is 9.42. The molecular weight excluding hydrogens is 590 g/mol. The normalized spacial score (nSPS) is 17.7. The number of fused-ring (bicyclic) bond motifs is 1. The molecule has 0 radical (unpaired) electrons. The first-order chi connectivity index (χ1) is 19.5. The maximum absolute atomic E-state index is 6.15. The first kappa shape index (κ1) is 30.0. The van der Waals surface area contributed by atoms with E-state index in [-0.39, 0.29) is 11.5 Å². The van der Waals surface area contributed by atoms with Gasteiger partial charge in [0.05, 0.1) is 11.2 Å². The molecular formula is C33H44BrN5OSi. The predicted octanol–water partition coefficient (Wildman–Crippen LogP) is 8.19. The smallest absolute Gasteiger partial charge is 0.223 e. The number of rotatable bonds is 10. The van der Waals surface area contributed by atoms with Crippen LogP contribution in [0.2, 0.25) is 25.7 Å². The quantitative estimate of drug-likeness (QED) is 0.141. The number of likely N-dealkylation sites (tertiary alicyclic amines) is 1. The van der Waals surface area contributed by atoms with Crippen molar-refractivity contribution in [3.05, 3.63) is 76.5 Å². The molecule has 4 aromatic rings. The van der Waals surface area contributed by atoms with E-state index in [1.807, 2.05) is 6.20 Å². The number of aryl methyl sites for hydroxylation is 1. The van der Waals surface area contributed by atoms with Crippen molar-refractivity contribution >= 4 is 40.9 Å². The number of hydrogen-bond donors (Lipinski definition) is 1. The molecule has 0 bridgehead atoms. The third-order valence-corrected chi connectivity index (χ3v) is 10.0. The molecule has 5 rings (SSSR count). The van der Waals surface area contributed by atoms with E-state index in [1.165, 1.54) is 10.9 Å². The van der Waals surface area contributed by atoms with Crippen LogP contribution in [0.3, 0.4) is 0 Å². The molecule has 0 saturated carbocycles. The fourth-order valence-corrected chi connectivity index (χ4v) is 7.01. The van der Waals surface area contributed by atoms with Crippen molar-refractivity contribution in [2.75, 3.05) is 25.0 Å². The van der Waals surface area contributed by atoms with Crippen LogP contribution in [0.5, 0.6) is 0 Å². The van der Waals surface area contributed by atoms with Crippen LogP contribution in [0.25, 0.3) is 22.2 Å². The molecule has 0 unspecified atom stereocenters. The Kier molecular flexibility index (Phi) is 9.04. The van der Waals surface area contributed by atoms with Gasteiger partial charge in [-0.3, -0.25) is 4.90 Å². The summed E-state index contributed by atoms with van der Waals surface area (Å²) in [6, 6.07) is 18.6. The summed E-state index contributed by atoms with van der Waals surface area (Å²) in [5.41, 5.74) is 5.83. The molecule has 0 aliphatic carbocycles. The molecule has 1 fully saturated rings. The van der Waals surface area contributed by atoms with E-state index in [9.17, 15) is 0 Å². The zero-order chi connectivity index (χ0) is 29.2. The summed E-state index contributed by atoms with van der Waals surface area (Å²) >= 11 is 3.67. The van der Waals surface area contributed by atoms with Crippen molar-refractivity contribution in [3.8, 4) is 11.3 Å². The van der Waals surface area contributed by atoms with Gasteiger partial charge in [0.15, 0.2) is 0 Å². The second-order valence-corrected chi connectivity index (χ2v) is 20.1. The van der Waals surface area contributed by atoms with Gasteiger partial charge in [-0.15, -0.1) is 0 Å². The largest absolute Gasteiger partial charge is 0.361 e. The number of hydrogen-bond acceptors (Lipinski definition) is 5. The van der Waals surface area contributed by atoms with Crippen LogP contribution < -0.4 is 5.32 Å². The molecule has 0 amide bonds. The predicted molar refractivity (Wildman–Crippen MR) is 177 cm³/mol. The molecule has 8 heteroatoms. The summed E-state index contributed by atoms with van der Waals surface area (Å²) in [5.74, 6) is 0.692. The van der Waals surface area contributed by atoms with Crippen LogP contribution in [0.15, 0.2) is 65.4 Å². The average Bonchev–Trinajstić information content (AvgIpc) is 3.24. The van der Waals surface area contributed by atoms with Crippen molar-refractivity contribution in [2.45, 2.75) is 72.2 Å². The highest BCUT2D eigenvalue weighted by Gasteiger charge is 2.33. The first-order valence-electron chi connectivity index (χ1n) is 14.7. The van der Waals surface area contributed by atoms with E-state index >= 15 is 0 Å². The lowest BCUT2D eigenvalue weighted by Gasteiger charge is -2.42. The maximum atomic E-state index is 6.15. The molecule has 1 aliphatic heterocycles. The van der Waals surface area contributed by atoms with Crippen LogP contribution in [-0.4, -0.2) is 53.2 Å². The van der Waals surface area contributed by atoms with E-state index in [0.29, 0.717) is 12.7 Å². The Bertz CT molecular complexity index is 1480. The van der Waals surface area contributed by atoms with E-state index in [1.54, 1.807) is 0 Å². The van der Waals surface area contributed by atoms with Crippen molar-refractivity contribution < 1.29 is 4.74 Å². The van der Waals surface area contributed by atoms with Crippen molar-refractivity contribution in [1.29, 1.82) is 0 Å². The van der Waals surface area contributed by atoms with Gasteiger partial charge in [-0.2, -0.15) is 0 Å². The Labute approximate surface area is 254 Å². The minimum atomic E-state index is -1.14. The van der Waals surface area contributed by atoms with E-state index in [2.05, 4.69) is 126 Å². The van der Waals surface area contributed by atoms with E-state index < -0.39 is 8.07 Å². The molecule has 1 atom stereocenters. The first-order valence-corrected chi connectivity index (χ1v) is 19.2. The number of piperidine rings is 1. The Morgan fingerprint density at radius 3 is 2.66 bits per heavy atom. The molecule has 3 heterocycles. The monoisotopic (exact) mass is 633 g/mol.